The predicted octanol–water partition coefficient (Wildman–Crippen LogP) is 0.657. The molecule has 0 aromatic rings. The molecule has 5 nitrogen and oxygen atoms in total. The molecular formula is C11H20NO4+. The van der Waals surface area contributed by atoms with Gasteiger partial charge in [-0.2, -0.15) is 0 Å². The van der Waals surface area contributed by atoms with E-state index in [0.29, 0.717) is 24.1 Å². The number of quaternary nitrogens is 1. The van der Waals surface area contributed by atoms with Crippen LogP contribution in [0.3, 0.4) is 0 Å². The largest absolute Gasteiger partial charge is 0.481 e. The number of carboxylic acid groups (broad SMARTS) is 1. The highest BCUT2D eigenvalue weighted by molar-refractivity contribution is 5.81. The quantitative estimate of drug-likeness (QED) is 0.288. The van der Waals surface area contributed by atoms with Crippen molar-refractivity contribution in [3.8, 4) is 0 Å². The molecule has 0 bridgehead atoms. The molecular weight excluding hydrogens is 210 g/mol. The first-order valence-corrected chi connectivity index (χ1v) is 5.20. The lowest BCUT2D eigenvalue weighted by Crippen LogP contribution is -2.42. The number of hydrogen-bond donors (Lipinski definition) is 1. The maximum absolute atomic E-state index is 10.7. The predicted molar refractivity (Wildman–Crippen MR) is 59.9 cm³/mol. The molecule has 0 aromatic carbocycles. The molecule has 0 amide bonds. The Bertz CT molecular complexity index is 261. The summed E-state index contributed by atoms with van der Waals surface area (Å²) in [6.07, 6.45) is 2.00. The summed E-state index contributed by atoms with van der Waals surface area (Å²) >= 11 is 0. The molecule has 5 heteroatoms. The van der Waals surface area contributed by atoms with E-state index in [-0.39, 0.29) is 6.42 Å². The Balaban J connectivity index is 3.69. The molecule has 0 spiro atoms. The van der Waals surface area contributed by atoms with Crippen molar-refractivity contribution in [2.24, 2.45) is 0 Å². The van der Waals surface area contributed by atoms with Gasteiger partial charge in [-0.25, -0.2) is 4.79 Å². The second-order valence-electron chi connectivity index (χ2n) is 4.25. The minimum absolute atomic E-state index is 0.152. The van der Waals surface area contributed by atoms with Gasteiger partial charge in [0, 0.05) is 12.5 Å². The van der Waals surface area contributed by atoms with Crippen molar-refractivity contribution >= 4 is 11.9 Å². The number of rotatable bonds is 8. The molecule has 16 heavy (non-hydrogen) atoms. The van der Waals surface area contributed by atoms with E-state index in [1.54, 1.807) is 0 Å². The molecule has 0 rings (SSSR count). The van der Waals surface area contributed by atoms with Gasteiger partial charge in [-0.3, -0.25) is 4.79 Å². The smallest absolute Gasteiger partial charge is 0.330 e. The standard InChI is InChI=1S/C11H19NO4/c1-4-11(15)16-9-5-7-12(2,3)8-6-10(13)14/h4H,1,5-9H2,2-3H3/p+1. The fourth-order valence-electron chi connectivity index (χ4n) is 1.23. The summed E-state index contributed by atoms with van der Waals surface area (Å²) in [6.45, 7) is 4.99. The number of esters is 1. The van der Waals surface area contributed by atoms with Gasteiger partial charge in [-0.05, 0) is 0 Å². The molecule has 0 aliphatic heterocycles. The first-order valence-electron chi connectivity index (χ1n) is 5.20. The van der Waals surface area contributed by atoms with Gasteiger partial charge in [0.25, 0.3) is 0 Å². The SMILES string of the molecule is C=CC(=O)OCCC[N+](C)(C)CCC(=O)O. The van der Waals surface area contributed by atoms with Crippen molar-refractivity contribution in [1.29, 1.82) is 0 Å². The Kier molecular flexibility index (Phi) is 6.41. The molecule has 0 heterocycles. The van der Waals surface area contributed by atoms with E-state index in [9.17, 15) is 9.59 Å². The van der Waals surface area contributed by atoms with Gasteiger partial charge < -0.3 is 14.3 Å². The van der Waals surface area contributed by atoms with Gasteiger partial charge in [-0.15, -0.1) is 0 Å². The Morgan fingerprint density at radius 1 is 1.38 bits per heavy atom. The van der Waals surface area contributed by atoms with E-state index in [1.165, 1.54) is 0 Å². The van der Waals surface area contributed by atoms with Gasteiger partial charge >= 0.3 is 11.9 Å². The molecule has 0 atom stereocenters. The van der Waals surface area contributed by atoms with Crippen molar-refractivity contribution in [2.45, 2.75) is 12.8 Å². The summed E-state index contributed by atoms with van der Waals surface area (Å²) < 4.78 is 5.44. The van der Waals surface area contributed by atoms with Crippen molar-refractivity contribution in [1.82, 2.24) is 0 Å². The van der Waals surface area contributed by atoms with Gasteiger partial charge in [0.15, 0.2) is 0 Å². The van der Waals surface area contributed by atoms with Gasteiger partial charge in [0.1, 0.15) is 0 Å². The second kappa shape index (κ2) is 7.00. The molecule has 1 N–H and O–H groups in total. The average molecular weight is 230 g/mol. The Hall–Kier alpha value is -1.36. The lowest BCUT2D eigenvalue weighted by Gasteiger charge is -2.29. The van der Waals surface area contributed by atoms with E-state index in [4.69, 9.17) is 9.84 Å². The minimum atomic E-state index is -0.788. The van der Waals surface area contributed by atoms with Crippen LogP contribution in [0.15, 0.2) is 12.7 Å². The highest BCUT2D eigenvalue weighted by Crippen LogP contribution is 2.01. The molecule has 0 fully saturated rings. The maximum Gasteiger partial charge on any atom is 0.330 e. The number of carbonyl (C=O) groups is 2. The monoisotopic (exact) mass is 230 g/mol. The Morgan fingerprint density at radius 2 is 2.00 bits per heavy atom. The van der Waals surface area contributed by atoms with Crippen LogP contribution in [0.1, 0.15) is 12.8 Å². The van der Waals surface area contributed by atoms with Crippen molar-refractivity contribution in [2.75, 3.05) is 33.8 Å². The molecule has 0 aliphatic carbocycles. The number of ether oxygens (including phenoxy) is 1. The summed E-state index contributed by atoms with van der Waals surface area (Å²) in [5.74, 6) is -1.21. The number of nitrogens with zero attached hydrogens (tertiary/aromatic N) is 1. The Labute approximate surface area is 95.9 Å². The molecule has 92 valence electrons. The lowest BCUT2D eigenvalue weighted by atomic mass is 10.3. The lowest BCUT2D eigenvalue weighted by molar-refractivity contribution is -0.890. The fourth-order valence-corrected chi connectivity index (χ4v) is 1.23. The van der Waals surface area contributed by atoms with E-state index in [2.05, 4.69) is 6.58 Å². The molecule has 0 aliphatic rings. The van der Waals surface area contributed by atoms with Crippen LogP contribution in [0, 0.1) is 0 Å². The normalized spacial score (nSPS) is 10.9. The first-order chi connectivity index (χ1) is 7.37. The molecule has 0 aromatic heterocycles. The van der Waals surface area contributed by atoms with E-state index >= 15 is 0 Å². The zero-order chi connectivity index (χ0) is 12.6. The van der Waals surface area contributed by atoms with Crippen LogP contribution >= 0.6 is 0 Å². The van der Waals surface area contributed by atoms with Gasteiger partial charge in [-0.1, -0.05) is 6.58 Å². The van der Waals surface area contributed by atoms with Crippen LogP contribution in [-0.4, -0.2) is 55.3 Å². The molecule has 0 saturated carbocycles. The highest BCUT2D eigenvalue weighted by Gasteiger charge is 2.16. The third kappa shape index (κ3) is 7.99. The van der Waals surface area contributed by atoms with Crippen LogP contribution in [0.2, 0.25) is 0 Å². The van der Waals surface area contributed by atoms with Crippen LogP contribution in [0.25, 0.3) is 0 Å². The molecule has 0 radical (unpaired) electrons. The highest BCUT2D eigenvalue weighted by atomic mass is 16.5. The van der Waals surface area contributed by atoms with Crippen LogP contribution in [0.5, 0.6) is 0 Å². The molecule has 0 saturated heterocycles. The van der Waals surface area contributed by atoms with Gasteiger partial charge in [0.2, 0.25) is 0 Å². The zero-order valence-electron chi connectivity index (χ0n) is 9.94. The van der Waals surface area contributed by atoms with E-state index in [0.717, 1.165) is 12.6 Å². The minimum Gasteiger partial charge on any atom is -0.481 e. The third-order valence-corrected chi connectivity index (χ3v) is 2.25. The second-order valence-corrected chi connectivity index (χ2v) is 4.25. The van der Waals surface area contributed by atoms with Crippen molar-refractivity contribution < 1.29 is 23.9 Å². The maximum atomic E-state index is 10.7. The topological polar surface area (TPSA) is 63.6 Å². The van der Waals surface area contributed by atoms with Crippen LogP contribution in [-0.2, 0) is 14.3 Å². The van der Waals surface area contributed by atoms with Crippen LogP contribution < -0.4 is 0 Å². The average Bonchev–Trinajstić information content (AvgIpc) is 2.21. The fraction of sp³-hybridized carbons (Fsp3) is 0.636. The Morgan fingerprint density at radius 3 is 2.50 bits per heavy atom. The summed E-state index contributed by atoms with van der Waals surface area (Å²) in [5, 5.41) is 8.56. The number of hydrogen-bond acceptors (Lipinski definition) is 3. The number of carboxylic acids is 1. The summed E-state index contributed by atoms with van der Waals surface area (Å²) in [7, 11) is 3.91. The number of aliphatic carboxylic acids is 1. The van der Waals surface area contributed by atoms with Crippen LogP contribution in [0.4, 0.5) is 0 Å². The van der Waals surface area contributed by atoms with E-state index < -0.39 is 11.9 Å². The third-order valence-electron chi connectivity index (χ3n) is 2.25. The van der Waals surface area contributed by atoms with Crippen molar-refractivity contribution in [3.05, 3.63) is 12.7 Å². The molecule has 0 unspecified atom stereocenters. The summed E-state index contributed by atoms with van der Waals surface area (Å²) in [5.41, 5.74) is 0. The van der Waals surface area contributed by atoms with Crippen molar-refractivity contribution in [3.63, 3.8) is 0 Å². The summed E-state index contributed by atoms with van der Waals surface area (Å²) in [4.78, 5) is 21.1. The van der Waals surface area contributed by atoms with Gasteiger partial charge in [0.05, 0.1) is 40.2 Å². The number of carbonyl (C=O) groups excluding carboxylic acids is 1. The summed E-state index contributed by atoms with van der Waals surface area (Å²) in [6, 6.07) is 0. The zero-order valence-corrected chi connectivity index (χ0v) is 9.94. The first kappa shape index (κ1) is 14.6. The van der Waals surface area contributed by atoms with E-state index in [1.807, 2.05) is 14.1 Å².